The van der Waals surface area contributed by atoms with Gasteiger partial charge in [0.1, 0.15) is 0 Å². The highest BCUT2D eigenvalue weighted by Crippen LogP contribution is 2.30. The molecule has 1 atom stereocenters. The highest BCUT2D eigenvalue weighted by Gasteiger charge is 2.22. The Labute approximate surface area is 79.4 Å². The normalized spacial score (nSPS) is 14.5. The second-order valence-corrected chi connectivity index (χ2v) is 4.49. The van der Waals surface area contributed by atoms with Gasteiger partial charge in [-0.1, -0.05) is 20.8 Å². The molecular weight excluding hydrogens is 164 g/mol. The molecule has 3 heteroatoms. The standard InChI is InChI=1S/C10H18N2O/c1-8(10(2,3)4)12-7-11-5-9(12)6-13/h5,7-8,13H,6H2,1-4H3. The van der Waals surface area contributed by atoms with Gasteiger partial charge in [-0.05, 0) is 12.3 Å². The van der Waals surface area contributed by atoms with E-state index in [1.54, 1.807) is 12.5 Å². The average Bonchev–Trinajstić information content (AvgIpc) is 2.48. The van der Waals surface area contributed by atoms with Gasteiger partial charge in [-0.25, -0.2) is 4.98 Å². The quantitative estimate of drug-likeness (QED) is 0.759. The first-order valence-electron chi connectivity index (χ1n) is 4.58. The van der Waals surface area contributed by atoms with Gasteiger partial charge in [-0.2, -0.15) is 0 Å². The third kappa shape index (κ3) is 2.10. The van der Waals surface area contributed by atoms with Gasteiger partial charge in [-0.15, -0.1) is 0 Å². The molecule has 0 saturated heterocycles. The van der Waals surface area contributed by atoms with Gasteiger partial charge in [0.2, 0.25) is 0 Å². The maximum Gasteiger partial charge on any atom is 0.0951 e. The molecule has 0 spiro atoms. The van der Waals surface area contributed by atoms with Crippen LogP contribution in [0.5, 0.6) is 0 Å². The summed E-state index contributed by atoms with van der Waals surface area (Å²) >= 11 is 0. The van der Waals surface area contributed by atoms with Gasteiger partial charge in [-0.3, -0.25) is 0 Å². The number of aliphatic hydroxyl groups excluding tert-OH is 1. The Kier molecular flexibility index (Phi) is 2.76. The molecule has 1 heterocycles. The highest BCUT2D eigenvalue weighted by molar-refractivity contribution is 4.99. The summed E-state index contributed by atoms with van der Waals surface area (Å²) in [5.41, 5.74) is 1.06. The number of nitrogens with zero attached hydrogens (tertiary/aromatic N) is 2. The van der Waals surface area contributed by atoms with Gasteiger partial charge in [0.05, 0.1) is 24.8 Å². The minimum atomic E-state index is 0.0560. The lowest BCUT2D eigenvalue weighted by molar-refractivity contribution is 0.228. The summed E-state index contributed by atoms with van der Waals surface area (Å²) in [5, 5.41) is 9.06. The summed E-state index contributed by atoms with van der Waals surface area (Å²) in [6.07, 6.45) is 3.49. The molecule has 1 N–H and O–H groups in total. The molecule has 1 rings (SSSR count). The molecule has 0 aliphatic rings. The smallest absolute Gasteiger partial charge is 0.0951 e. The first-order chi connectivity index (χ1) is 5.96. The molecule has 0 radical (unpaired) electrons. The highest BCUT2D eigenvalue weighted by atomic mass is 16.3. The molecule has 3 nitrogen and oxygen atoms in total. The van der Waals surface area contributed by atoms with Crippen LogP contribution in [0.25, 0.3) is 0 Å². The molecule has 0 aliphatic heterocycles. The van der Waals surface area contributed by atoms with Crippen molar-refractivity contribution in [2.45, 2.75) is 40.3 Å². The minimum absolute atomic E-state index is 0.0560. The lowest BCUT2D eigenvalue weighted by atomic mass is 9.88. The van der Waals surface area contributed by atoms with E-state index in [4.69, 9.17) is 5.11 Å². The monoisotopic (exact) mass is 182 g/mol. The predicted octanol–water partition coefficient (Wildman–Crippen LogP) is 1.98. The van der Waals surface area contributed by atoms with Crippen molar-refractivity contribution < 1.29 is 5.11 Å². The Balaban J connectivity index is 2.94. The summed E-state index contributed by atoms with van der Waals surface area (Å²) in [7, 11) is 0. The van der Waals surface area contributed by atoms with Crippen molar-refractivity contribution >= 4 is 0 Å². The molecule has 0 aromatic carbocycles. The molecular formula is C10H18N2O. The molecule has 0 bridgehead atoms. The number of rotatable bonds is 2. The van der Waals surface area contributed by atoms with Gasteiger partial charge in [0.25, 0.3) is 0 Å². The SMILES string of the molecule is CC(n1cncc1CO)C(C)(C)C. The molecule has 0 amide bonds. The average molecular weight is 182 g/mol. The molecule has 74 valence electrons. The van der Waals surface area contributed by atoms with Crippen LogP contribution in [0.2, 0.25) is 0 Å². The van der Waals surface area contributed by atoms with E-state index in [0.29, 0.717) is 6.04 Å². The summed E-state index contributed by atoms with van der Waals surface area (Å²) in [4.78, 5) is 4.03. The van der Waals surface area contributed by atoms with Crippen LogP contribution in [0.15, 0.2) is 12.5 Å². The first-order valence-corrected chi connectivity index (χ1v) is 4.58. The van der Waals surface area contributed by atoms with E-state index < -0.39 is 0 Å². The number of hydrogen-bond donors (Lipinski definition) is 1. The van der Waals surface area contributed by atoms with Crippen LogP contribution in [0.1, 0.15) is 39.4 Å². The fraction of sp³-hybridized carbons (Fsp3) is 0.700. The lowest BCUT2D eigenvalue weighted by Crippen LogP contribution is -2.22. The van der Waals surface area contributed by atoms with Crippen molar-refractivity contribution in [1.82, 2.24) is 9.55 Å². The van der Waals surface area contributed by atoms with Gasteiger partial charge < -0.3 is 9.67 Å². The number of hydrogen-bond acceptors (Lipinski definition) is 2. The van der Waals surface area contributed by atoms with E-state index in [1.807, 2.05) is 4.57 Å². The number of imidazole rings is 1. The van der Waals surface area contributed by atoms with Crippen molar-refractivity contribution in [3.8, 4) is 0 Å². The molecule has 0 aliphatic carbocycles. The Morgan fingerprint density at radius 1 is 1.54 bits per heavy atom. The third-order valence-electron chi connectivity index (χ3n) is 2.58. The number of aliphatic hydroxyl groups is 1. The third-order valence-corrected chi connectivity index (χ3v) is 2.58. The van der Waals surface area contributed by atoms with Crippen LogP contribution in [0.3, 0.4) is 0 Å². The Morgan fingerprint density at radius 2 is 2.15 bits per heavy atom. The molecule has 1 unspecified atom stereocenters. The molecule has 0 saturated carbocycles. The van der Waals surface area contributed by atoms with Crippen molar-refractivity contribution in [3.63, 3.8) is 0 Å². The zero-order valence-corrected chi connectivity index (χ0v) is 8.78. The molecule has 0 fully saturated rings. The van der Waals surface area contributed by atoms with Crippen molar-refractivity contribution in [2.75, 3.05) is 0 Å². The zero-order valence-electron chi connectivity index (χ0n) is 8.78. The van der Waals surface area contributed by atoms with E-state index in [0.717, 1.165) is 5.69 Å². The predicted molar refractivity (Wildman–Crippen MR) is 52.3 cm³/mol. The maximum absolute atomic E-state index is 9.06. The van der Waals surface area contributed by atoms with E-state index in [-0.39, 0.29) is 12.0 Å². The van der Waals surface area contributed by atoms with Gasteiger partial charge >= 0.3 is 0 Å². The van der Waals surface area contributed by atoms with E-state index in [2.05, 4.69) is 32.7 Å². The van der Waals surface area contributed by atoms with Gasteiger partial charge in [0, 0.05) is 6.04 Å². The fourth-order valence-corrected chi connectivity index (χ4v) is 1.22. The summed E-state index contributed by atoms with van der Waals surface area (Å²) in [6.45, 7) is 8.73. The van der Waals surface area contributed by atoms with E-state index in [9.17, 15) is 0 Å². The Morgan fingerprint density at radius 3 is 2.62 bits per heavy atom. The van der Waals surface area contributed by atoms with Crippen molar-refractivity contribution in [2.24, 2.45) is 5.41 Å². The first kappa shape index (κ1) is 10.3. The van der Waals surface area contributed by atoms with Crippen LogP contribution in [-0.2, 0) is 6.61 Å². The van der Waals surface area contributed by atoms with E-state index in [1.165, 1.54) is 0 Å². The largest absolute Gasteiger partial charge is 0.390 e. The summed E-state index contributed by atoms with van der Waals surface area (Å²) in [6, 6.07) is 0.345. The second-order valence-electron chi connectivity index (χ2n) is 4.49. The molecule has 1 aromatic heterocycles. The Bertz CT molecular complexity index is 273. The van der Waals surface area contributed by atoms with Crippen LogP contribution in [0.4, 0.5) is 0 Å². The van der Waals surface area contributed by atoms with Crippen molar-refractivity contribution in [3.05, 3.63) is 18.2 Å². The van der Waals surface area contributed by atoms with Gasteiger partial charge in [0.15, 0.2) is 0 Å². The zero-order chi connectivity index (χ0) is 10.1. The van der Waals surface area contributed by atoms with Crippen LogP contribution in [0, 0.1) is 5.41 Å². The lowest BCUT2D eigenvalue weighted by Gasteiger charge is -2.29. The maximum atomic E-state index is 9.06. The van der Waals surface area contributed by atoms with Crippen LogP contribution >= 0.6 is 0 Å². The topological polar surface area (TPSA) is 38.0 Å². The molecule has 1 aromatic rings. The van der Waals surface area contributed by atoms with Crippen molar-refractivity contribution in [1.29, 1.82) is 0 Å². The molecule has 13 heavy (non-hydrogen) atoms. The summed E-state index contributed by atoms with van der Waals surface area (Å²) < 4.78 is 2.03. The summed E-state index contributed by atoms with van der Waals surface area (Å²) in [5.74, 6) is 0. The fourth-order valence-electron chi connectivity index (χ4n) is 1.22. The second kappa shape index (κ2) is 3.50. The Hall–Kier alpha value is -0.830. The van der Waals surface area contributed by atoms with Crippen LogP contribution in [-0.4, -0.2) is 14.7 Å². The minimum Gasteiger partial charge on any atom is -0.390 e. The van der Waals surface area contributed by atoms with Crippen LogP contribution < -0.4 is 0 Å². The number of aromatic nitrogens is 2. The van der Waals surface area contributed by atoms with E-state index >= 15 is 0 Å².